The Bertz CT molecular complexity index is 1380. The summed E-state index contributed by atoms with van der Waals surface area (Å²) < 4.78 is 8.23. The van der Waals surface area contributed by atoms with Gasteiger partial charge in [-0.2, -0.15) is 4.57 Å². The van der Waals surface area contributed by atoms with Crippen LogP contribution in [0.25, 0.3) is 24.3 Å². The fourth-order valence-electron chi connectivity index (χ4n) is 4.72. The zero-order valence-electron chi connectivity index (χ0n) is 23.8. The Kier molecular flexibility index (Phi) is 12.6. The van der Waals surface area contributed by atoms with Crippen LogP contribution >= 0.6 is 11.6 Å². The van der Waals surface area contributed by atoms with Crippen molar-refractivity contribution in [2.45, 2.75) is 57.9 Å². The normalized spacial score (nSPS) is 11.4. The highest BCUT2D eigenvalue weighted by molar-refractivity contribution is 6.30. The summed E-state index contributed by atoms with van der Waals surface area (Å²) >= 11 is 5.95. The molecule has 212 valence electrons. The number of aromatic hydroxyl groups is 1. The largest absolute Gasteiger partial charge is 0.507 e. The highest BCUT2D eigenvalue weighted by Gasteiger charge is 2.06. The zero-order valence-corrected chi connectivity index (χ0v) is 24.6. The molecule has 0 bridgehead atoms. The molecule has 0 saturated carbocycles. The molecule has 0 atom stereocenters. The summed E-state index contributed by atoms with van der Waals surface area (Å²) in [7, 11) is 0. The highest BCUT2D eigenvalue weighted by Crippen LogP contribution is 2.19. The van der Waals surface area contributed by atoms with E-state index in [0.29, 0.717) is 5.75 Å². The van der Waals surface area contributed by atoms with Crippen LogP contribution in [0.1, 0.15) is 73.8 Å². The smallest absolute Gasteiger partial charge is 0.205 e. The molecular weight excluding hydrogens is 526 g/mol. The summed E-state index contributed by atoms with van der Waals surface area (Å²) in [5.41, 5.74) is 4.27. The van der Waals surface area contributed by atoms with Gasteiger partial charge in [0.05, 0.1) is 6.61 Å². The molecule has 3 nitrogen and oxygen atoms in total. The highest BCUT2D eigenvalue weighted by atomic mass is 35.5. The van der Waals surface area contributed by atoms with Crippen molar-refractivity contribution in [2.24, 2.45) is 0 Å². The van der Waals surface area contributed by atoms with E-state index in [-0.39, 0.29) is 0 Å². The number of ether oxygens (including phenoxy) is 1. The van der Waals surface area contributed by atoms with Crippen molar-refractivity contribution >= 4 is 35.9 Å². The Hall–Kier alpha value is -3.82. The van der Waals surface area contributed by atoms with Gasteiger partial charge in [0.25, 0.3) is 0 Å². The molecule has 4 aromatic rings. The van der Waals surface area contributed by atoms with Crippen molar-refractivity contribution in [1.29, 1.82) is 0 Å². The number of benzene rings is 3. The Morgan fingerprint density at radius 2 is 1.22 bits per heavy atom. The van der Waals surface area contributed by atoms with Crippen LogP contribution in [0.4, 0.5) is 0 Å². The van der Waals surface area contributed by atoms with Crippen LogP contribution < -0.4 is 9.30 Å². The van der Waals surface area contributed by atoms with Gasteiger partial charge in [0.15, 0.2) is 6.20 Å². The second-order valence-electron chi connectivity index (χ2n) is 10.3. The third kappa shape index (κ3) is 10.9. The van der Waals surface area contributed by atoms with Crippen molar-refractivity contribution in [3.05, 3.63) is 125 Å². The molecule has 0 unspecified atom stereocenters. The summed E-state index contributed by atoms with van der Waals surface area (Å²) in [4.78, 5) is 0. The van der Waals surface area contributed by atoms with Gasteiger partial charge in [-0.15, -0.1) is 0 Å². The standard InChI is InChI=1S/C37H40ClNO2/c38-34-23-18-31(19-24-34)16-17-32-20-26-36(27-21-32)41-30-12-6-4-2-1-3-5-10-28-39-29-11-9-14-35(39)25-22-33-13-7-8-15-37(33)40/h7-9,11,13-27,29H,1-6,10,12,28,30H2/p+1/b17-16+. The molecule has 0 fully saturated rings. The fourth-order valence-corrected chi connectivity index (χ4v) is 4.85. The minimum Gasteiger partial charge on any atom is -0.507 e. The minimum atomic E-state index is 0.309. The molecular formula is C37H41ClNO2+. The van der Waals surface area contributed by atoms with Crippen LogP contribution in [-0.4, -0.2) is 11.7 Å². The monoisotopic (exact) mass is 566 g/mol. The number of pyridine rings is 1. The lowest BCUT2D eigenvalue weighted by molar-refractivity contribution is -0.699. The van der Waals surface area contributed by atoms with E-state index in [9.17, 15) is 5.11 Å². The van der Waals surface area contributed by atoms with Crippen LogP contribution in [-0.2, 0) is 6.54 Å². The number of rotatable bonds is 16. The Labute approximate surface area is 250 Å². The molecule has 0 aliphatic rings. The summed E-state index contributed by atoms with van der Waals surface area (Å²) in [6, 6.07) is 29.8. The van der Waals surface area contributed by atoms with Crippen molar-refractivity contribution in [1.82, 2.24) is 0 Å². The molecule has 1 heterocycles. The number of nitrogens with zero attached hydrogens (tertiary/aromatic N) is 1. The van der Waals surface area contributed by atoms with E-state index >= 15 is 0 Å². The second-order valence-corrected chi connectivity index (χ2v) is 10.8. The van der Waals surface area contributed by atoms with Gasteiger partial charge in [-0.1, -0.05) is 98.3 Å². The molecule has 4 rings (SSSR count). The Morgan fingerprint density at radius 1 is 0.610 bits per heavy atom. The van der Waals surface area contributed by atoms with Crippen LogP contribution in [0, 0.1) is 0 Å². The first-order valence-electron chi connectivity index (χ1n) is 14.8. The predicted molar refractivity (Wildman–Crippen MR) is 173 cm³/mol. The van der Waals surface area contributed by atoms with Crippen LogP contribution in [0.15, 0.2) is 97.2 Å². The third-order valence-corrected chi connectivity index (χ3v) is 7.38. The van der Waals surface area contributed by atoms with E-state index in [2.05, 4.69) is 59.3 Å². The van der Waals surface area contributed by atoms with Crippen molar-refractivity contribution in [2.75, 3.05) is 6.61 Å². The summed E-state index contributed by atoms with van der Waals surface area (Å²) in [5, 5.41) is 10.8. The van der Waals surface area contributed by atoms with E-state index in [1.807, 2.05) is 60.7 Å². The quantitative estimate of drug-likeness (QED) is 0.0831. The number of aromatic nitrogens is 1. The predicted octanol–water partition coefficient (Wildman–Crippen LogP) is 9.87. The van der Waals surface area contributed by atoms with Crippen molar-refractivity contribution in [3.8, 4) is 11.5 Å². The minimum absolute atomic E-state index is 0.309. The summed E-state index contributed by atoms with van der Waals surface area (Å²) in [6.07, 6.45) is 20.3. The first kappa shape index (κ1) is 30.1. The SMILES string of the molecule is Oc1ccccc1/C=C/c1cccc[n+]1CCCCCCCCCCOc1ccc(/C=C/c2ccc(Cl)cc2)cc1. The topological polar surface area (TPSA) is 33.3 Å². The van der Waals surface area contributed by atoms with Gasteiger partial charge in [0.1, 0.15) is 18.0 Å². The van der Waals surface area contributed by atoms with Gasteiger partial charge in [-0.3, -0.25) is 0 Å². The van der Waals surface area contributed by atoms with Gasteiger partial charge >= 0.3 is 0 Å². The van der Waals surface area contributed by atoms with Gasteiger partial charge in [0.2, 0.25) is 5.69 Å². The van der Waals surface area contributed by atoms with E-state index < -0.39 is 0 Å². The van der Waals surface area contributed by atoms with Crippen molar-refractivity contribution in [3.63, 3.8) is 0 Å². The molecule has 0 aliphatic carbocycles. The maximum Gasteiger partial charge on any atom is 0.205 e. The van der Waals surface area contributed by atoms with Crippen LogP contribution in [0.2, 0.25) is 5.02 Å². The maximum atomic E-state index is 10.00. The molecule has 0 aliphatic heterocycles. The van der Waals surface area contributed by atoms with Gasteiger partial charge in [-0.25, -0.2) is 0 Å². The number of phenols is 1. The zero-order chi connectivity index (χ0) is 28.5. The number of hydrogen-bond donors (Lipinski definition) is 1. The second kappa shape index (κ2) is 17.1. The number of hydrogen-bond acceptors (Lipinski definition) is 2. The number of halogens is 1. The Balaban J connectivity index is 1.03. The molecule has 0 amide bonds. The molecule has 1 N–H and O–H groups in total. The molecule has 3 aromatic carbocycles. The first-order valence-corrected chi connectivity index (χ1v) is 15.2. The van der Waals surface area contributed by atoms with Gasteiger partial charge in [-0.05, 0) is 66.4 Å². The number of para-hydroxylation sites is 1. The average molecular weight is 567 g/mol. The fraction of sp³-hybridized carbons (Fsp3) is 0.270. The summed E-state index contributed by atoms with van der Waals surface area (Å²) in [6.45, 7) is 1.78. The first-order chi connectivity index (χ1) is 20.2. The molecule has 0 saturated heterocycles. The van der Waals surface area contributed by atoms with E-state index in [0.717, 1.165) is 52.7 Å². The van der Waals surface area contributed by atoms with Crippen LogP contribution in [0.3, 0.4) is 0 Å². The number of unbranched alkanes of at least 4 members (excludes halogenated alkanes) is 7. The maximum absolute atomic E-state index is 10.00. The molecule has 0 radical (unpaired) electrons. The molecule has 41 heavy (non-hydrogen) atoms. The van der Waals surface area contributed by atoms with Gasteiger partial charge in [0, 0.05) is 35.2 Å². The summed E-state index contributed by atoms with van der Waals surface area (Å²) in [5.74, 6) is 1.24. The van der Waals surface area contributed by atoms with E-state index in [1.165, 1.54) is 44.9 Å². The molecule has 1 aromatic heterocycles. The van der Waals surface area contributed by atoms with Gasteiger partial charge < -0.3 is 9.84 Å². The average Bonchev–Trinajstić information content (AvgIpc) is 3.00. The van der Waals surface area contributed by atoms with E-state index in [4.69, 9.17) is 16.3 Å². The van der Waals surface area contributed by atoms with Crippen LogP contribution in [0.5, 0.6) is 11.5 Å². The molecule has 4 heteroatoms. The number of phenolic OH excluding ortho intramolecular Hbond substituents is 1. The van der Waals surface area contributed by atoms with E-state index in [1.54, 1.807) is 6.07 Å². The lowest BCUT2D eigenvalue weighted by Crippen LogP contribution is -2.36. The number of aryl methyl sites for hydroxylation is 1. The Morgan fingerprint density at radius 3 is 1.93 bits per heavy atom. The lowest BCUT2D eigenvalue weighted by atomic mass is 10.1. The third-order valence-electron chi connectivity index (χ3n) is 7.13. The lowest BCUT2D eigenvalue weighted by Gasteiger charge is -2.06. The van der Waals surface area contributed by atoms with Crippen molar-refractivity contribution < 1.29 is 14.4 Å². The molecule has 0 spiro atoms.